The van der Waals surface area contributed by atoms with Crippen molar-refractivity contribution in [1.82, 2.24) is 4.90 Å². The van der Waals surface area contributed by atoms with Gasteiger partial charge in [-0.25, -0.2) is 4.39 Å². The summed E-state index contributed by atoms with van der Waals surface area (Å²) in [6, 6.07) is 11.8. The van der Waals surface area contributed by atoms with Gasteiger partial charge < -0.3 is 14.5 Å². The van der Waals surface area contributed by atoms with Crippen LogP contribution in [0.15, 0.2) is 42.5 Å². The summed E-state index contributed by atoms with van der Waals surface area (Å²) in [7, 11) is 1.58. The third-order valence-electron chi connectivity index (χ3n) is 6.06. The minimum Gasteiger partial charge on any atom is -0.497 e. The number of carbonyl (C=O) groups excluding carboxylic acids is 4. The summed E-state index contributed by atoms with van der Waals surface area (Å²) in [6.07, 6.45) is 3.51. The highest BCUT2D eigenvalue weighted by Crippen LogP contribution is 2.36. The average molecular weight is 523 g/mol. The van der Waals surface area contributed by atoms with Gasteiger partial charge in [-0.05, 0) is 85.3 Å². The molecule has 0 radical (unpaired) electrons. The molecule has 2 aromatic carbocycles. The van der Waals surface area contributed by atoms with E-state index >= 15 is 0 Å². The molecular formula is C25H25Cl2FN2O5. The van der Waals surface area contributed by atoms with Gasteiger partial charge in [0.15, 0.2) is 0 Å². The Morgan fingerprint density at radius 2 is 1.71 bits per heavy atom. The van der Waals surface area contributed by atoms with E-state index < -0.39 is 22.2 Å². The average Bonchev–Trinajstić information content (AvgIpc) is 2.98. The monoisotopic (exact) mass is 522 g/mol. The highest BCUT2D eigenvalue weighted by atomic mass is 35.5. The lowest BCUT2D eigenvalue weighted by Crippen LogP contribution is -2.40. The van der Waals surface area contributed by atoms with Crippen molar-refractivity contribution in [2.45, 2.75) is 31.7 Å². The largest absolute Gasteiger partial charge is 0.497 e. The van der Waals surface area contributed by atoms with Gasteiger partial charge in [-0.15, -0.1) is 0 Å². The highest BCUT2D eigenvalue weighted by molar-refractivity contribution is 6.97. The molecule has 10 heteroatoms. The molecule has 2 heterocycles. The first-order valence-corrected chi connectivity index (χ1v) is 11.9. The van der Waals surface area contributed by atoms with Crippen molar-refractivity contribution >= 4 is 51.1 Å². The zero-order chi connectivity index (χ0) is 25.5. The third-order valence-corrected chi connectivity index (χ3v) is 6.50. The van der Waals surface area contributed by atoms with Crippen LogP contribution < -0.4 is 9.64 Å². The minimum absolute atomic E-state index is 0.00984. The molecule has 0 aliphatic carbocycles. The summed E-state index contributed by atoms with van der Waals surface area (Å²) in [5.41, 5.74) is 2.26. The summed E-state index contributed by atoms with van der Waals surface area (Å²) in [5, 5.41) is -2.28. The molecule has 2 aliphatic rings. The first-order valence-electron chi connectivity index (χ1n) is 11.1. The number of rotatable bonds is 6. The Kier molecular flexibility index (Phi) is 9.37. The van der Waals surface area contributed by atoms with Crippen molar-refractivity contribution in [2.75, 3.05) is 31.6 Å². The van der Waals surface area contributed by atoms with Crippen LogP contribution in [0.5, 0.6) is 5.75 Å². The summed E-state index contributed by atoms with van der Waals surface area (Å²) < 4.78 is 18.4. The van der Waals surface area contributed by atoms with E-state index in [2.05, 4.69) is 28.1 Å². The number of fused-ring (bicyclic) bond motifs is 1. The normalized spacial score (nSPS) is 17.8. The maximum Gasteiger partial charge on any atom is 0.304 e. The molecular weight excluding hydrogens is 498 g/mol. The maximum atomic E-state index is 13.1. The van der Waals surface area contributed by atoms with Crippen molar-refractivity contribution < 1.29 is 28.3 Å². The minimum atomic E-state index is -1.14. The molecule has 0 spiro atoms. The fraction of sp³-hybridized carbons (Fsp3) is 0.360. The van der Waals surface area contributed by atoms with Gasteiger partial charge >= 0.3 is 10.5 Å². The number of amides is 1. The van der Waals surface area contributed by atoms with Crippen molar-refractivity contribution in [1.29, 1.82) is 0 Å². The highest BCUT2D eigenvalue weighted by Gasteiger charge is 2.40. The molecule has 186 valence electrons. The van der Waals surface area contributed by atoms with Crippen LogP contribution >= 0.6 is 23.2 Å². The number of Topliss-reactive ketones (excluding diaryl/α,β-unsaturated/α-hetero) is 1. The number of anilines is 1. The van der Waals surface area contributed by atoms with Crippen LogP contribution in [-0.2, 0) is 20.8 Å². The summed E-state index contributed by atoms with van der Waals surface area (Å²) in [6.45, 7) is 2.72. The standard InChI is InChI=1S/C23H25FN2O3.C2Cl2O2/c1-29-19-8-9-20-21(15-19)26(23(28)22(20)27)18-3-2-12-25(14-11-18)13-10-16-4-6-17(24)7-5-16;3-1(5)2(4)6/h4-9,15,18H,2-3,10-14H2,1H3;. The van der Waals surface area contributed by atoms with Crippen LogP contribution in [0.3, 0.4) is 0 Å². The van der Waals surface area contributed by atoms with E-state index in [9.17, 15) is 23.6 Å². The topological polar surface area (TPSA) is 84.0 Å². The number of carbonyl (C=O) groups is 4. The summed E-state index contributed by atoms with van der Waals surface area (Å²) in [5.74, 6) is -0.433. The fourth-order valence-electron chi connectivity index (χ4n) is 4.28. The second-order valence-corrected chi connectivity index (χ2v) is 8.92. The lowest BCUT2D eigenvalue weighted by Gasteiger charge is -2.27. The molecule has 1 saturated heterocycles. The van der Waals surface area contributed by atoms with E-state index in [-0.39, 0.29) is 11.9 Å². The van der Waals surface area contributed by atoms with Crippen molar-refractivity contribution in [2.24, 2.45) is 0 Å². The first-order chi connectivity index (χ1) is 16.7. The SMILES string of the molecule is COc1ccc2c(c1)N(C1CCCN(CCc3ccc(F)cc3)CC1)C(=O)C2=O.O=C(Cl)C(=O)Cl. The number of ketones is 1. The van der Waals surface area contributed by atoms with Gasteiger partial charge in [0.05, 0.1) is 18.4 Å². The second-order valence-electron chi connectivity index (χ2n) is 8.24. The van der Waals surface area contributed by atoms with Gasteiger partial charge in [0.25, 0.3) is 11.7 Å². The molecule has 0 aromatic heterocycles. The van der Waals surface area contributed by atoms with Crippen molar-refractivity contribution in [3.8, 4) is 5.75 Å². The van der Waals surface area contributed by atoms with Crippen LogP contribution in [0, 0.1) is 5.82 Å². The molecule has 4 rings (SSSR count). The Morgan fingerprint density at radius 3 is 2.34 bits per heavy atom. The molecule has 1 amide bonds. The lowest BCUT2D eigenvalue weighted by atomic mass is 10.1. The number of hydrogen-bond acceptors (Lipinski definition) is 6. The molecule has 2 aliphatic heterocycles. The van der Waals surface area contributed by atoms with Gasteiger partial charge in [-0.3, -0.25) is 19.2 Å². The molecule has 1 unspecified atom stereocenters. The Hall–Kier alpha value is -2.81. The number of methoxy groups -OCH3 is 1. The van der Waals surface area contributed by atoms with Gasteiger partial charge in [0.1, 0.15) is 11.6 Å². The Bertz CT molecular complexity index is 1100. The maximum absolute atomic E-state index is 13.1. The van der Waals surface area contributed by atoms with Crippen molar-refractivity contribution in [3.63, 3.8) is 0 Å². The van der Waals surface area contributed by atoms with Crippen LogP contribution in [-0.4, -0.2) is 59.9 Å². The molecule has 0 saturated carbocycles. The molecule has 1 fully saturated rings. The van der Waals surface area contributed by atoms with E-state index in [0.717, 1.165) is 50.9 Å². The first kappa shape index (κ1) is 26.8. The third kappa shape index (κ3) is 6.87. The Labute approximate surface area is 212 Å². The van der Waals surface area contributed by atoms with Gasteiger partial charge in [0, 0.05) is 25.2 Å². The van der Waals surface area contributed by atoms with Gasteiger partial charge in [-0.1, -0.05) is 12.1 Å². The van der Waals surface area contributed by atoms with Crippen LogP contribution in [0.25, 0.3) is 0 Å². The Balaban J connectivity index is 0.000000509. The second kappa shape index (κ2) is 12.2. The lowest BCUT2D eigenvalue weighted by molar-refractivity contribution is -0.127. The zero-order valence-corrected chi connectivity index (χ0v) is 20.6. The van der Waals surface area contributed by atoms with Crippen molar-refractivity contribution in [3.05, 3.63) is 59.4 Å². The number of hydrogen-bond donors (Lipinski definition) is 0. The zero-order valence-electron chi connectivity index (χ0n) is 19.1. The fourth-order valence-corrected chi connectivity index (χ4v) is 4.28. The van der Waals surface area contributed by atoms with E-state index in [1.165, 1.54) is 12.1 Å². The van der Waals surface area contributed by atoms with Crippen LogP contribution in [0.4, 0.5) is 10.1 Å². The van der Waals surface area contributed by atoms with E-state index in [1.807, 2.05) is 12.1 Å². The predicted molar refractivity (Wildman–Crippen MR) is 131 cm³/mol. The number of benzene rings is 2. The van der Waals surface area contributed by atoms with Gasteiger partial charge in [-0.2, -0.15) is 0 Å². The molecule has 35 heavy (non-hydrogen) atoms. The number of nitrogens with zero attached hydrogens (tertiary/aromatic N) is 2. The van der Waals surface area contributed by atoms with Crippen LogP contribution in [0.2, 0.25) is 0 Å². The predicted octanol–water partition coefficient (Wildman–Crippen LogP) is 3.98. The molecule has 2 aromatic rings. The summed E-state index contributed by atoms with van der Waals surface area (Å²) >= 11 is 8.98. The summed E-state index contributed by atoms with van der Waals surface area (Å²) in [4.78, 5) is 48.0. The molecule has 0 bridgehead atoms. The van der Waals surface area contributed by atoms with E-state index in [1.54, 1.807) is 30.2 Å². The number of likely N-dealkylation sites (tertiary alicyclic amines) is 1. The number of halogens is 3. The molecule has 1 atom stereocenters. The van der Waals surface area contributed by atoms with E-state index in [0.29, 0.717) is 17.0 Å². The Morgan fingerprint density at radius 1 is 1.03 bits per heavy atom. The smallest absolute Gasteiger partial charge is 0.304 e. The quantitative estimate of drug-likeness (QED) is 0.421. The number of ether oxygens (including phenoxy) is 1. The van der Waals surface area contributed by atoms with Gasteiger partial charge in [0.2, 0.25) is 0 Å². The van der Waals surface area contributed by atoms with E-state index in [4.69, 9.17) is 4.74 Å². The van der Waals surface area contributed by atoms with Crippen LogP contribution in [0.1, 0.15) is 35.2 Å². The molecule has 0 N–H and O–H groups in total. The molecule has 7 nitrogen and oxygen atoms in total.